The highest BCUT2D eigenvalue weighted by atomic mass is 19.1. The zero-order chi connectivity index (χ0) is 18.9. The predicted octanol–water partition coefficient (Wildman–Crippen LogP) is 4.40. The summed E-state index contributed by atoms with van der Waals surface area (Å²) in [7, 11) is 0. The van der Waals surface area contributed by atoms with E-state index in [4.69, 9.17) is 4.52 Å². The summed E-state index contributed by atoms with van der Waals surface area (Å²) in [6.07, 6.45) is 2.63. The molecule has 1 aliphatic carbocycles. The van der Waals surface area contributed by atoms with E-state index in [1.165, 1.54) is 12.1 Å². The Bertz CT molecular complexity index is 782. The van der Waals surface area contributed by atoms with Gasteiger partial charge in [0.15, 0.2) is 0 Å². The second kappa shape index (κ2) is 7.22. The number of amides is 1. The number of benzene rings is 1. The molecule has 1 aliphatic rings. The fraction of sp³-hybridized carbons (Fsp3) is 0.524. The Balaban J connectivity index is 1.57. The molecule has 1 N–H and O–H groups in total. The van der Waals surface area contributed by atoms with E-state index in [1.54, 1.807) is 12.1 Å². The topological polar surface area (TPSA) is 55.1 Å². The molecule has 1 saturated carbocycles. The Morgan fingerprint density at radius 3 is 2.81 bits per heavy atom. The summed E-state index contributed by atoms with van der Waals surface area (Å²) in [5.41, 5.74) is 1.30. The first-order valence-corrected chi connectivity index (χ1v) is 9.26. The molecular weight excluding hydrogens is 331 g/mol. The van der Waals surface area contributed by atoms with Crippen molar-refractivity contribution in [2.45, 2.75) is 53.0 Å². The Hall–Kier alpha value is -2.17. The number of nitrogens with zero attached hydrogens (tertiary/aromatic N) is 1. The van der Waals surface area contributed by atoms with Gasteiger partial charge in [-0.15, -0.1) is 0 Å². The Morgan fingerprint density at radius 2 is 2.15 bits per heavy atom. The largest absolute Gasteiger partial charge is 0.361 e. The van der Waals surface area contributed by atoms with Crippen molar-refractivity contribution >= 4 is 5.91 Å². The lowest BCUT2D eigenvalue weighted by Gasteiger charge is -2.52. The van der Waals surface area contributed by atoms with Gasteiger partial charge in [0.25, 0.3) is 5.91 Å². The molecule has 2 atom stereocenters. The summed E-state index contributed by atoms with van der Waals surface area (Å²) in [5.74, 6) is 1.28. The Labute approximate surface area is 154 Å². The summed E-state index contributed by atoms with van der Waals surface area (Å²) in [6.45, 7) is 8.63. The van der Waals surface area contributed by atoms with Crippen molar-refractivity contribution in [2.75, 3.05) is 0 Å². The number of halogens is 1. The molecule has 140 valence electrons. The molecule has 1 amide bonds. The summed E-state index contributed by atoms with van der Waals surface area (Å²) >= 11 is 0. The van der Waals surface area contributed by atoms with Crippen molar-refractivity contribution in [2.24, 2.45) is 17.3 Å². The van der Waals surface area contributed by atoms with E-state index < -0.39 is 5.82 Å². The molecule has 1 fully saturated rings. The maximum atomic E-state index is 13.3. The molecule has 0 spiro atoms. The van der Waals surface area contributed by atoms with Gasteiger partial charge in [-0.25, -0.2) is 4.39 Å². The second-order valence-corrected chi connectivity index (χ2v) is 8.38. The van der Waals surface area contributed by atoms with Crippen molar-refractivity contribution in [3.05, 3.63) is 53.2 Å². The van der Waals surface area contributed by atoms with Gasteiger partial charge < -0.3 is 9.84 Å². The highest BCUT2D eigenvalue weighted by Gasteiger charge is 2.48. The number of rotatable bonds is 6. The van der Waals surface area contributed by atoms with Crippen LogP contribution in [0.2, 0.25) is 0 Å². The smallest absolute Gasteiger partial charge is 0.251 e. The molecule has 4 nitrogen and oxygen atoms in total. The van der Waals surface area contributed by atoms with Crippen molar-refractivity contribution in [3.63, 3.8) is 0 Å². The molecular formula is C21H27FN2O2. The number of aromatic nitrogens is 1. The summed E-state index contributed by atoms with van der Waals surface area (Å²) < 4.78 is 18.7. The van der Waals surface area contributed by atoms with E-state index in [0.717, 1.165) is 30.7 Å². The average Bonchev–Trinajstić information content (AvgIpc) is 3.00. The van der Waals surface area contributed by atoms with Crippen molar-refractivity contribution < 1.29 is 13.7 Å². The van der Waals surface area contributed by atoms with Crippen LogP contribution in [0.1, 0.15) is 55.9 Å². The van der Waals surface area contributed by atoms with E-state index in [-0.39, 0.29) is 17.4 Å². The van der Waals surface area contributed by atoms with Gasteiger partial charge in [0.1, 0.15) is 11.6 Å². The molecule has 2 unspecified atom stereocenters. The van der Waals surface area contributed by atoms with Crippen LogP contribution in [0.5, 0.6) is 0 Å². The fourth-order valence-corrected chi connectivity index (χ4v) is 3.68. The van der Waals surface area contributed by atoms with Gasteiger partial charge in [-0.2, -0.15) is 0 Å². The van der Waals surface area contributed by atoms with Crippen LogP contribution in [-0.4, -0.2) is 17.1 Å². The Kier molecular flexibility index (Phi) is 5.17. The molecule has 1 heterocycles. The quantitative estimate of drug-likeness (QED) is 0.833. The maximum Gasteiger partial charge on any atom is 0.251 e. The van der Waals surface area contributed by atoms with Gasteiger partial charge in [-0.05, 0) is 48.3 Å². The van der Waals surface area contributed by atoms with E-state index >= 15 is 0 Å². The SMILES string of the molecule is CC(C)Cc1cc(CC2CC(NC(=O)c3cccc(F)c3)C2(C)C)no1. The lowest BCUT2D eigenvalue weighted by Crippen LogP contribution is -2.58. The molecule has 1 aromatic carbocycles. The van der Waals surface area contributed by atoms with Crippen LogP contribution in [0.15, 0.2) is 34.9 Å². The number of hydrogen-bond acceptors (Lipinski definition) is 3. The summed E-state index contributed by atoms with van der Waals surface area (Å²) in [6, 6.07) is 7.92. The molecule has 3 rings (SSSR count). The first-order chi connectivity index (χ1) is 12.3. The second-order valence-electron chi connectivity index (χ2n) is 8.38. The highest BCUT2D eigenvalue weighted by molar-refractivity contribution is 5.94. The first-order valence-electron chi connectivity index (χ1n) is 9.26. The normalized spacial score (nSPS) is 21.5. The minimum atomic E-state index is -0.397. The van der Waals surface area contributed by atoms with E-state index in [9.17, 15) is 9.18 Å². The van der Waals surface area contributed by atoms with Gasteiger partial charge in [0.2, 0.25) is 0 Å². The van der Waals surface area contributed by atoms with Crippen LogP contribution in [-0.2, 0) is 12.8 Å². The van der Waals surface area contributed by atoms with Gasteiger partial charge in [-0.1, -0.05) is 38.9 Å². The zero-order valence-electron chi connectivity index (χ0n) is 15.9. The fourth-order valence-electron chi connectivity index (χ4n) is 3.68. The first kappa shape index (κ1) is 18.6. The van der Waals surface area contributed by atoms with E-state index in [0.29, 0.717) is 17.4 Å². The summed E-state index contributed by atoms with van der Waals surface area (Å²) in [4.78, 5) is 12.4. The number of carbonyl (C=O) groups is 1. The monoisotopic (exact) mass is 358 g/mol. The zero-order valence-corrected chi connectivity index (χ0v) is 15.9. The Morgan fingerprint density at radius 1 is 1.38 bits per heavy atom. The maximum absolute atomic E-state index is 13.3. The number of nitrogens with one attached hydrogen (secondary N) is 1. The molecule has 0 aliphatic heterocycles. The number of hydrogen-bond donors (Lipinski definition) is 1. The standard InChI is InChI=1S/C21H27FN2O2/c1-13(2)8-18-12-17(24-26-18)10-15-11-19(21(15,3)4)23-20(25)14-6-5-7-16(22)9-14/h5-7,9,12-13,15,19H,8,10-11H2,1-4H3,(H,23,25). The van der Waals surface area contributed by atoms with Crippen LogP contribution in [0.25, 0.3) is 0 Å². The predicted molar refractivity (Wildman–Crippen MR) is 98.3 cm³/mol. The minimum absolute atomic E-state index is 0.0415. The van der Waals surface area contributed by atoms with Gasteiger partial charge in [0, 0.05) is 24.1 Å². The third kappa shape index (κ3) is 3.97. The molecule has 2 aromatic rings. The average molecular weight is 358 g/mol. The van der Waals surface area contributed by atoms with Crippen LogP contribution in [0.4, 0.5) is 4.39 Å². The van der Waals surface area contributed by atoms with Crippen LogP contribution < -0.4 is 5.32 Å². The lowest BCUT2D eigenvalue weighted by molar-refractivity contribution is 0.0138. The third-order valence-corrected chi connectivity index (χ3v) is 5.54. The molecule has 0 radical (unpaired) electrons. The van der Waals surface area contributed by atoms with Gasteiger partial charge in [0.05, 0.1) is 5.69 Å². The van der Waals surface area contributed by atoms with Crippen LogP contribution in [0.3, 0.4) is 0 Å². The highest BCUT2D eigenvalue weighted by Crippen LogP contribution is 2.47. The van der Waals surface area contributed by atoms with Crippen LogP contribution in [0, 0.1) is 23.1 Å². The minimum Gasteiger partial charge on any atom is -0.361 e. The van der Waals surface area contributed by atoms with Crippen molar-refractivity contribution in [1.29, 1.82) is 0 Å². The molecule has 26 heavy (non-hydrogen) atoms. The van der Waals surface area contributed by atoms with Gasteiger partial charge >= 0.3 is 0 Å². The van der Waals surface area contributed by atoms with Crippen LogP contribution >= 0.6 is 0 Å². The molecule has 5 heteroatoms. The van der Waals surface area contributed by atoms with E-state index in [1.807, 2.05) is 0 Å². The summed E-state index contributed by atoms with van der Waals surface area (Å²) in [5, 5.41) is 7.24. The van der Waals surface area contributed by atoms with E-state index in [2.05, 4.69) is 44.2 Å². The van der Waals surface area contributed by atoms with Crippen molar-refractivity contribution in [1.82, 2.24) is 10.5 Å². The third-order valence-electron chi connectivity index (χ3n) is 5.54. The van der Waals surface area contributed by atoms with Gasteiger partial charge in [-0.3, -0.25) is 4.79 Å². The molecule has 0 saturated heterocycles. The van der Waals surface area contributed by atoms with Crippen molar-refractivity contribution in [3.8, 4) is 0 Å². The molecule has 0 bridgehead atoms. The number of carbonyl (C=O) groups excluding carboxylic acids is 1. The molecule has 1 aromatic heterocycles. The lowest BCUT2D eigenvalue weighted by atomic mass is 9.57.